The van der Waals surface area contributed by atoms with E-state index in [9.17, 15) is 4.79 Å². The maximum Gasteiger partial charge on any atom is 0.270 e. The summed E-state index contributed by atoms with van der Waals surface area (Å²) in [6.07, 6.45) is 1.55. The van der Waals surface area contributed by atoms with Gasteiger partial charge in [0.2, 0.25) is 0 Å². The number of ether oxygens (including phenoxy) is 1. The lowest BCUT2D eigenvalue weighted by Gasteiger charge is -2.23. The lowest BCUT2D eigenvalue weighted by Crippen LogP contribution is -2.34. The van der Waals surface area contributed by atoms with Crippen LogP contribution in [0.3, 0.4) is 0 Å². The van der Waals surface area contributed by atoms with E-state index >= 15 is 0 Å². The van der Waals surface area contributed by atoms with E-state index in [4.69, 9.17) is 9.72 Å². The van der Waals surface area contributed by atoms with Crippen molar-refractivity contribution in [2.75, 3.05) is 7.11 Å². The van der Waals surface area contributed by atoms with Crippen molar-refractivity contribution in [1.29, 1.82) is 0 Å². The van der Waals surface area contributed by atoms with Crippen LogP contribution in [0, 0.1) is 5.92 Å². The largest absolute Gasteiger partial charge is 0.496 e. The summed E-state index contributed by atoms with van der Waals surface area (Å²) in [7, 11) is 3.68. The number of hydrogen-bond donors (Lipinski definition) is 2. The van der Waals surface area contributed by atoms with E-state index in [1.165, 1.54) is 0 Å². The Balaban J connectivity index is 1.48. The molecule has 2 N–H and O–H groups in total. The minimum Gasteiger partial charge on any atom is -0.496 e. The molecule has 0 saturated carbocycles. The predicted molar refractivity (Wildman–Crippen MR) is 124 cm³/mol. The van der Waals surface area contributed by atoms with Crippen LogP contribution >= 0.6 is 0 Å². The van der Waals surface area contributed by atoms with Gasteiger partial charge in [0.1, 0.15) is 17.3 Å². The monoisotopic (exact) mass is 429 g/mol. The number of amides is 1. The van der Waals surface area contributed by atoms with Gasteiger partial charge in [0.25, 0.3) is 5.91 Å². The highest BCUT2D eigenvalue weighted by Gasteiger charge is 2.30. The fraction of sp³-hybridized carbons (Fsp3) is 0.320. The average molecular weight is 430 g/mol. The summed E-state index contributed by atoms with van der Waals surface area (Å²) < 4.78 is 7.58. The first kappa shape index (κ1) is 20.3. The number of carbonyl (C=O) groups is 1. The van der Waals surface area contributed by atoms with Crippen LogP contribution in [0.2, 0.25) is 0 Å². The van der Waals surface area contributed by atoms with E-state index in [1.54, 1.807) is 7.11 Å². The summed E-state index contributed by atoms with van der Waals surface area (Å²) in [4.78, 5) is 18.2. The third kappa shape index (κ3) is 3.16. The Kier molecular flexibility index (Phi) is 4.96. The van der Waals surface area contributed by atoms with Crippen LogP contribution in [-0.2, 0) is 19.9 Å². The SMILES string of the molecule is COc1cccc2c1CCc1c-2n[nH]c1C(=O)N[C@H](c1nc2ccccc2n1C)C(C)C. The molecule has 2 aromatic heterocycles. The number of aromatic nitrogens is 4. The Hall–Kier alpha value is -3.61. The predicted octanol–water partition coefficient (Wildman–Crippen LogP) is 4.20. The average Bonchev–Trinajstić information content (AvgIpc) is 3.38. The summed E-state index contributed by atoms with van der Waals surface area (Å²) >= 11 is 0. The highest BCUT2D eigenvalue weighted by Crippen LogP contribution is 2.38. The maximum absolute atomic E-state index is 13.4. The number of fused-ring (bicyclic) bond motifs is 4. The number of nitrogens with zero attached hydrogens (tertiary/aromatic N) is 3. The smallest absolute Gasteiger partial charge is 0.270 e. The number of aromatic amines is 1. The van der Waals surface area contributed by atoms with Crippen molar-refractivity contribution in [3.05, 3.63) is 65.1 Å². The number of aryl methyl sites for hydroxylation is 1. The Morgan fingerprint density at radius 1 is 1.12 bits per heavy atom. The van der Waals surface area contributed by atoms with Gasteiger partial charge in [-0.2, -0.15) is 5.10 Å². The summed E-state index contributed by atoms with van der Waals surface area (Å²) in [5.41, 5.74) is 6.45. The van der Waals surface area contributed by atoms with Crippen molar-refractivity contribution < 1.29 is 9.53 Å². The molecule has 4 aromatic rings. The number of hydrogen-bond acceptors (Lipinski definition) is 4. The lowest BCUT2D eigenvalue weighted by molar-refractivity contribution is 0.0916. The molecule has 2 aromatic carbocycles. The number of H-pyrrole nitrogens is 1. The van der Waals surface area contributed by atoms with Gasteiger partial charge in [0.15, 0.2) is 0 Å². The second-order valence-electron chi connectivity index (χ2n) is 8.63. The van der Waals surface area contributed by atoms with Crippen LogP contribution in [0.1, 0.15) is 47.3 Å². The van der Waals surface area contributed by atoms with Crippen LogP contribution in [0.5, 0.6) is 5.75 Å². The molecule has 0 fully saturated rings. The first-order valence-electron chi connectivity index (χ1n) is 10.9. The summed E-state index contributed by atoms with van der Waals surface area (Å²) in [5, 5.41) is 10.7. The fourth-order valence-electron chi connectivity index (χ4n) is 4.69. The van der Waals surface area contributed by atoms with Gasteiger partial charge in [-0.25, -0.2) is 4.98 Å². The minimum atomic E-state index is -0.227. The molecule has 1 aliphatic rings. The highest BCUT2D eigenvalue weighted by atomic mass is 16.5. The second kappa shape index (κ2) is 7.82. The standard InChI is InChI=1S/C25H27N5O2/c1-14(2)21(24-26-18-9-5-6-10-19(18)30(24)3)27-25(31)23-17-13-12-15-16(22(17)28-29-23)8-7-11-20(15)32-4/h5-11,14,21H,12-13H2,1-4H3,(H,27,31)(H,28,29)/t21-/m0/s1. The Bertz CT molecular complexity index is 1320. The Morgan fingerprint density at radius 2 is 1.91 bits per heavy atom. The van der Waals surface area contributed by atoms with Crippen LogP contribution in [0.15, 0.2) is 42.5 Å². The van der Waals surface area contributed by atoms with E-state index in [2.05, 4.69) is 33.9 Å². The molecule has 164 valence electrons. The molecule has 1 amide bonds. The first-order valence-corrected chi connectivity index (χ1v) is 10.9. The van der Waals surface area contributed by atoms with Gasteiger partial charge in [-0.05, 0) is 37.0 Å². The molecule has 1 aliphatic carbocycles. The van der Waals surface area contributed by atoms with Gasteiger partial charge >= 0.3 is 0 Å². The topological polar surface area (TPSA) is 84.8 Å². The zero-order valence-corrected chi connectivity index (χ0v) is 18.8. The highest BCUT2D eigenvalue weighted by molar-refractivity contribution is 5.96. The van der Waals surface area contributed by atoms with Crippen molar-refractivity contribution in [3.8, 4) is 17.0 Å². The number of carbonyl (C=O) groups excluding carboxylic acids is 1. The van der Waals surface area contributed by atoms with E-state index in [1.807, 2.05) is 49.5 Å². The van der Waals surface area contributed by atoms with Crippen LogP contribution in [0.4, 0.5) is 0 Å². The van der Waals surface area contributed by atoms with Crippen LogP contribution in [0.25, 0.3) is 22.3 Å². The van der Waals surface area contributed by atoms with E-state index in [0.29, 0.717) is 5.69 Å². The third-order valence-corrected chi connectivity index (χ3v) is 6.38. The van der Waals surface area contributed by atoms with Gasteiger partial charge < -0.3 is 14.6 Å². The number of para-hydroxylation sites is 2. The molecule has 0 aliphatic heterocycles. The van der Waals surface area contributed by atoms with E-state index in [0.717, 1.165) is 57.8 Å². The van der Waals surface area contributed by atoms with Crippen molar-refractivity contribution in [3.63, 3.8) is 0 Å². The molecule has 0 radical (unpaired) electrons. The second-order valence-corrected chi connectivity index (χ2v) is 8.63. The van der Waals surface area contributed by atoms with Gasteiger partial charge in [0, 0.05) is 23.7 Å². The summed E-state index contributed by atoms with van der Waals surface area (Å²) in [5.74, 6) is 1.72. The normalized spacial score (nSPS) is 13.7. The number of nitrogens with one attached hydrogen (secondary N) is 2. The van der Waals surface area contributed by atoms with Crippen molar-refractivity contribution >= 4 is 16.9 Å². The number of rotatable bonds is 5. The maximum atomic E-state index is 13.4. The molecule has 1 atom stereocenters. The van der Waals surface area contributed by atoms with Crippen molar-refractivity contribution in [1.82, 2.24) is 25.1 Å². The molecule has 0 bridgehead atoms. The molecule has 7 nitrogen and oxygen atoms in total. The van der Waals surface area contributed by atoms with Gasteiger partial charge in [-0.1, -0.05) is 38.1 Å². The summed E-state index contributed by atoms with van der Waals surface area (Å²) in [6, 6.07) is 13.8. The zero-order chi connectivity index (χ0) is 22.4. The van der Waals surface area contributed by atoms with Crippen LogP contribution in [-0.4, -0.2) is 32.8 Å². The van der Waals surface area contributed by atoms with Crippen molar-refractivity contribution in [2.45, 2.75) is 32.7 Å². The van der Waals surface area contributed by atoms with Gasteiger partial charge in [-0.15, -0.1) is 0 Å². The molecule has 0 unspecified atom stereocenters. The Labute approximate surface area is 186 Å². The molecule has 5 rings (SSSR count). The first-order chi connectivity index (χ1) is 15.5. The molecule has 2 heterocycles. The molecule has 32 heavy (non-hydrogen) atoms. The van der Waals surface area contributed by atoms with Crippen LogP contribution < -0.4 is 10.1 Å². The fourth-order valence-corrected chi connectivity index (χ4v) is 4.69. The van der Waals surface area contributed by atoms with Gasteiger partial charge in [0.05, 0.1) is 29.9 Å². The van der Waals surface area contributed by atoms with Gasteiger partial charge in [-0.3, -0.25) is 9.89 Å². The molecule has 0 saturated heterocycles. The lowest BCUT2D eigenvalue weighted by atomic mass is 9.88. The van der Waals surface area contributed by atoms with E-state index in [-0.39, 0.29) is 17.9 Å². The number of benzene rings is 2. The molecule has 0 spiro atoms. The quantitative estimate of drug-likeness (QED) is 0.498. The minimum absolute atomic E-state index is 0.157. The number of methoxy groups -OCH3 is 1. The molecule has 7 heteroatoms. The summed E-state index contributed by atoms with van der Waals surface area (Å²) in [6.45, 7) is 4.19. The van der Waals surface area contributed by atoms with Crippen molar-refractivity contribution in [2.24, 2.45) is 13.0 Å². The Morgan fingerprint density at radius 3 is 2.66 bits per heavy atom. The molecular weight excluding hydrogens is 402 g/mol. The zero-order valence-electron chi connectivity index (χ0n) is 18.8. The molecular formula is C25H27N5O2. The number of imidazole rings is 1. The third-order valence-electron chi connectivity index (χ3n) is 6.38. The van der Waals surface area contributed by atoms with E-state index < -0.39 is 0 Å².